The van der Waals surface area contributed by atoms with Crippen LogP contribution in [-0.2, 0) is 14.3 Å². The molecule has 3 nitrogen and oxygen atoms in total. The van der Waals surface area contributed by atoms with Crippen LogP contribution in [-0.4, -0.2) is 25.3 Å². The van der Waals surface area contributed by atoms with Gasteiger partial charge in [0.25, 0.3) is 0 Å². The van der Waals surface area contributed by atoms with E-state index in [-0.39, 0.29) is 6.10 Å². The van der Waals surface area contributed by atoms with E-state index >= 15 is 0 Å². The Morgan fingerprint density at radius 1 is 1.31 bits per heavy atom. The van der Waals surface area contributed by atoms with Crippen LogP contribution in [0.5, 0.6) is 0 Å². The summed E-state index contributed by atoms with van der Waals surface area (Å²) < 4.78 is 9.89. The van der Waals surface area contributed by atoms with Crippen LogP contribution in [0.25, 0.3) is 0 Å². The summed E-state index contributed by atoms with van der Waals surface area (Å²) in [4.78, 5) is 10.8. The number of hydrogen-bond acceptors (Lipinski definition) is 3. The highest BCUT2D eigenvalue weighted by Gasteiger charge is 2.00. The molecule has 1 unspecified atom stereocenters. The Morgan fingerprint density at radius 2 is 2.00 bits per heavy atom. The van der Waals surface area contributed by atoms with E-state index in [1.54, 1.807) is 6.92 Å². The lowest BCUT2D eigenvalue weighted by Crippen LogP contribution is -2.09. The molecule has 0 fully saturated rings. The van der Waals surface area contributed by atoms with Gasteiger partial charge in [-0.2, -0.15) is 0 Å². The Morgan fingerprint density at radius 3 is 2.46 bits per heavy atom. The summed E-state index contributed by atoms with van der Waals surface area (Å²) in [7, 11) is 0. The maximum Gasteiger partial charge on any atom is 0.384 e. The monoisotopic (exact) mass is 184 g/mol. The van der Waals surface area contributed by atoms with Gasteiger partial charge in [-0.3, -0.25) is 0 Å². The largest absolute Gasteiger partial charge is 0.456 e. The number of hydrogen-bond donors (Lipinski definition) is 0. The lowest BCUT2D eigenvalue weighted by atomic mass is 10.3. The molecular weight excluding hydrogens is 168 g/mol. The quantitative estimate of drug-likeness (QED) is 0.376. The smallest absolute Gasteiger partial charge is 0.384 e. The third-order valence-corrected chi connectivity index (χ3v) is 1.35. The second-order valence-electron chi connectivity index (χ2n) is 2.34. The van der Waals surface area contributed by atoms with E-state index < -0.39 is 5.97 Å². The minimum atomic E-state index is -0.486. The van der Waals surface area contributed by atoms with Crippen molar-refractivity contribution in [2.45, 2.75) is 33.3 Å². The van der Waals surface area contributed by atoms with E-state index in [0.29, 0.717) is 13.2 Å². The Kier molecular flexibility index (Phi) is 7.04. The van der Waals surface area contributed by atoms with Gasteiger partial charge in [0.15, 0.2) is 0 Å². The molecule has 0 aromatic heterocycles. The van der Waals surface area contributed by atoms with Gasteiger partial charge in [-0.1, -0.05) is 12.8 Å². The molecule has 0 aromatic rings. The van der Waals surface area contributed by atoms with E-state index in [1.807, 2.05) is 13.8 Å². The van der Waals surface area contributed by atoms with Gasteiger partial charge in [-0.25, -0.2) is 4.79 Å². The minimum Gasteiger partial charge on any atom is -0.456 e. The summed E-state index contributed by atoms with van der Waals surface area (Å²) in [5.41, 5.74) is 0. The van der Waals surface area contributed by atoms with Crippen molar-refractivity contribution in [3.63, 3.8) is 0 Å². The van der Waals surface area contributed by atoms with Crippen molar-refractivity contribution in [1.29, 1.82) is 0 Å². The third-order valence-electron chi connectivity index (χ3n) is 1.35. The van der Waals surface area contributed by atoms with Crippen molar-refractivity contribution >= 4 is 5.97 Å². The predicted molar refractivity (Wildman–Crippen MR) is 50.1 cm³/mol. The Labute approximate surface area is 79.4 Å². The average Bonchev–Trinajstić information content (AvgIpc) is 2.12. The molecule has 0 aromatic carbocycles. The molecule has 0 heterocycles. The molecule has 0 bridgehead atoms. The standard InChI is InChI=1S/C10H16O3/c1-4-9(12-5-2)7-8-10(11)13-6-3/h9H,4-6H2,1-3H3. The van der Waals surface area contributed by atoms with Crippen LogP contribution >= 0.6 is 0 Å². The molecule has 0 saturated heterocycles. The van der Waals surface area contributed by atoms with Crippen LogP contribution in [0.4, 0.5) is 0 Å². The highest BCUT2D eigenvalue weighted by Crippen LogP contribution is 1.94. The van der Waals surface area contributed by atoms with Crippen molar-refractivity contribution in [1.82, 2.24) is 0 Å². The van der Waals surface area contributed by atoms with Gasteiger partial charge in [0.05, 0.1) is 6.61 Å². The van der Waals surface area contributed by atoms with Crippen molar-refractivity contribution in [2.24, 2.45) is 0 Å². The maximum absolute atomic E-state index is 10.8. The fraction of sp³-hybridized carbons (Fsp3) is 0.700. The van der Waals surface area contributed by atoms with Crippen LogP contribution in [0.15, 0.2) is 0 Å². The molecule has 0 saturated carbocycles. The minimum absolute atomic E-state index is 0.158. The van der Waals surface area contributed by atoms with E-state index in [4.69, 9.17) is 4.74 Å². The van der Waals surface area contributed by atoms with Gasteiger partial charge >= 0.3 is 5.97 Å². The highest BCUT2D eigenvalue weighted by atomic mass is 16.5. The Bertz CT molecular complexity index is 200. The van der Waals surface area contributed by atoms with Crippen LogP contribution in [0.1, 0.15) is 27.2 Å². The first-order chi connectivity index (χ1) is 6.24. The summed E-state index contributed by atoms with van der Waals surface area (Å²) in [6.45, 7) is 6.57. The molecule has 0 spiro atoms. The van der Waals surface area contributed by atoms with Crippen molar-refractivity contribution in [3.8, 4) is 11.8 Å². The van der Waals surface area contributed by atoms with Gasteiger partial charge in [-0.05, 0) is 20.3 Å². The number of ether oxygens (including phenoxy) is 2. The molecule has 0 aliphatic rings. The van der Waals surface area contributed by atoms with Crippen LogP contribution in [0.2, 0.25) is 0 Å². The van der Waals surface area contributed by atoms with Gasteiger partial charge < -0.3 is 9.47 Å². The van der Waals surface area contributed by atoms with E-state index in [2.05, 4.69) is 16.6 Å². The zero-order chi connectivity index (χ0) is 10.1. The number of rotatable bonds is 4. The SMILES string of the molecule is CCOC(=O)C#CC(CC)OCC. The van der Waals surface area contributed by atoms with E-state index in [0.717, 1.165) is 6.42 Å². The van der Waals surface area contributed by atoms with E-state index in [1.165, 1.54) is 0 Å². The Balaban J connectivity index is 3.95. The molecule has 3 heteroatoms. The number of carbonyl (C=O) groups excluding carboxylic acids is 1. The second kappa shape index (κ2) is 7.63. The fourth-order valence-corrected chi connectivity index (χ4v) is 0.769. The third kappa shape index (κ3) is 6.18. The van der Waals surface area contributed by atoms with Crippen molar-refractivity contribution in [2.75, 3.05) is 13.2 Å². The maximum atomic E-state index is 10.8. The van der Waals surface area contributed by atoms with Crippen LogP contribution in [0, 0.1) is 11.8 Å². The van der Waals surface area contributed by atoms with Gasteiger partial charge in [0.1, 0.15) is 6.10 Å². The summed E-state index contributed by atoms with van der Waals surface area (Å²) in [6.07, 6.45) is 0.620. The normalized spacial score (nSPS) is 11.3. The molecule has 0 N–H and O–H groups in total. The Hall–Kier alpha value is -1.01. The number of esters is 1. The molecule has 0 aliphatic heterocycles. The van der Waals surface area contributed by atoms with Gasteiger partial charge in [0.2, 0.25) is 0 Å². The summed E-state index contributed by atoms with van der Waals surface area (Å²) in [5.74, 6) is 4.61. The van der Waals surface area contributed by atoms with Gasteiger partial charge in [0, 0.05) is 12.5 Å². The zero-order valence-corrected chi connectivity index (χ0v) is 8.42. The molecule has 0 radical (unpaired) electrons. The molecule has 0 amide bonds. The summed E-state index contributed by atoms with van der Waals surface area (Å²) >= 11 is 0. The highest BCUT2D eigenvalue weighted by molar-refractivity contribution is 5.88. The number of carbonyl (C=O) groups is 1. The topological polar surface area (TPSA) is 35.5 Å². The molecular formula is C10H16O3. The first-order valence-corrected chi connectivity index (χ1v) is 4.54. The lowest BCUT2D eigenvalue weighted by Gasteiger charge is -2.05. The molecule has 74 valence electrons. The zero-order valence-electron chi connectivity index (χ0n) is 8.42. The first-order valence-electron chi connectivity index (χ1n) is 4.54. The fourth-order valence-electron chi connectivity index (χ4n) is 0.769. The molecule has 0 aliphatic carbocycles. The average molecular weight is 184 g/mol. The molecule has 13 heavy (non-hydrogen) atoms. The lowest BCUT2D eigenvalue weighted by molar-refractivity contribution is -0.136. The molecule has 0 rings (SSSR count). The summed E-state index contributed by atoms with van der Waals surface area (Å²) in [5, 5.41) is 0. The summed E-state index contributed by atoms with van der Waals surface area (Å²) in [6, 6.07) is 0. The second-order valence-corrected chi connectivity index (χ2v) is 2.34. The van der Waals surface area contributed by atoms with Crippen LogP contribution in [0.3, 0.4) is 0 Å². The van der Waals surface area contributed by atoms with E-state index in [9.17, 15) is 4.79 Å². The van der Waals surface area contributed by atoms with Crippen LogP contribution < -0.4 is 0 Å². The molecule has 1 atom stereocenters. The van der Waals surface area contributed by atoms with Crippen molar-refractivity contribution in [3.05, 3.63) is 0 Å². The predicted octanol–water partition coefficient (Wildman–Crippen LogP) is 1.37. The van der Waals surface area contributed by atoms with Crippen molar-refractivity contribution < 1.29 is 14.3 Å². The van der Waals surface area contributed by atoms with Gasteiger partial charge in [-0.15, -0.1) is 0 Å². The first kappa shape index (κ1) is 12.0.